The van der Waals surface area contributed by atoms with Crippen LogP contribution in [0.15, 0.2) is 6.20 Å². The second-order valence-corrected chi connectivity index (χ2v) is 6.80. The molecule has 1 aromatic heterocycles. The number of carbonyl (C=O) groups excluding carboxylic acids is 1. The number of nitrogens with zero attached hydrogens (tertiary/aromatic N) is 3. The zero-order chi connectivity index (χ0) is 17.8. The van der Waals surface area contributed by atoms with Gasteiger partial charge in [0, 0.05) is 31.8 Å². The molecule has 0 radical (unpaired) electrons. The Morgan fingerprint density at radius 2 is 2.13 bits per heavy atom. The molecule has 2 N–H and O–H groups in total. The lowest BCUT2D eigenvalue weighted by molar-refractivity contribution is -0.389. The standard InChI is InChI=1S/C15H26N4O4/c1-10(2)14(21)15(4,5)9-16-13(20)6-7-18-8-12(19(22)23)17-11(18)3/h8,10,14,21H,6-7,9H2,1-5H3,(H,16,20). The summed E-state index contributed by atoms with van der Waals surface area (Å²) in [5.41, 5.74) is -0.423. The lowest BCUT2D eigenvalue weighted by Gasteiger charge is -2.33. The van der Waals surface area contributed by atoms with E-state index in [4.69, 9.17) is 0 Å². The average Bonchev–Trinajstić information content (AvgIpc) is 2.83. The van der Waals surface area contributed by atoms with Crippen molar-refractivity contribution in [2.75, 3.05) is 6.54 Å². The van der Waals surface area contributed by atoms with Crippen molar-refractivity contribution in [1.82, 2.24) is 14.9 Å². The Bertz CT molecular complexity index is 566. The highest BCUT2D eigenvalue weighted by molar-refractivity contribution is 5.75. The number of nitrogens with one attached hydrogen (secondary N) is 1. The maximum Gasteiger partial charge on any atom is 0.381 e. The summed E-state index contributed by atoms with van der Waals surface area (Å²) in [4.78, 5) is 25.9. The summed E-state index contributed by atoms with van der Waals surface area (Å²) >= 11 is 0. The molecule has 0 aliphatic carbocycles. The molecule has 0 saturated heterocycles. The van der Waals surface area contributed by atoms with Crippen LogP contribution in [0.3, 0.4) is 0 Å². The minimum Gasteiger partial charge on any atom is -0.392 e. The molecule has 8 nitrogen and oxygen atoms in total. The second kappa shape index (κ2) is 7.54. The van der Waals surface area contributed by atoms with Crippen molar-refractivity contribution in [3.63, 3.8) is 0 Å². The monoisotopic (exact) mass is 326 g/mol. The molecule has 0 bridgehead atoms. The van der Waals surface area contributed by atoms with Gasteiger partial charge in [-0.1, -0.05) is 27.7 Å². The van der Waals surface area contributed by atoms with E-state index in [1.54, 1.807) is 11.5 Å². The topological polar surface area (TPSA) is 110 Å². The first-order chi connectivity index (χ1) is 10.5. The second-order valence-electron chi connectivity index (χ2n) is 6.80. The van der Waals surface area contributed by atoms with Gasteiger partial charge in [-0.2, -0.15) is 0 Å². The average molecular weight is 326 g/mol. The molecular formula is C15H26N4O4. The summed E-state index contributed by atoms with van der Waals surface area (Å²) in [7, 11) is 0. The number of amides is 1. The van der Waals surface area contributed by atoms with E-state index in [1.165, 1.54) is 6.20 Å². The minimum atomic E-state index is -0.556. The summed E-state index contributed by atoms with van der Waals surface area (Å²) < 4.78 is 1.59. The first-order valence-electron chi connectivity index (χ1n) is 7.67. The van der Waals surface area contributed by atoms with E-state index in [2.05, 4.69) is 10.3 Å². The smallest absolute Gasteiger partial charge is 0.381 e. The molecule has 0 aliphatic heterocycles. The SMILES string of the molecule is Cc1nc([N+](=O)[O-])cn1CCC(=O)NCC(C)(C)C(O)C(C)C. The number of imidazole rings is 1. The Hall–Kier alpha value is -1.96. The van der Waals surface area contributed by atoms with Gasteiger partial charge in [0.1, 0.15) is 6.20 Å². The largest absolute Gasteiger partial charge is 0.392 e. The van der Waals surface area contributed by atoms with Gasteiger partial charge in [0.05, 0.1) is 6.10 Å². The highest BCUT2D eigenvalue weighted by Crippen LogP contribution is 2.25. The van der Waals surface area contributed by atoms with Crippen molar-refractivity contribution < 1.29 is 14.8 Å². The molecule has 130 valence electrons. The molecule has 1 heterocycles. The zero-order valence-corrected chi connectivity index (χ0v) is 14.4. The number of aliphatic hydroxyl groups excluding tert-OH is 1. The number of aryl methyl sites for hydroxylation is 2. The van der Waals surface area contributed by atoms with Gasteiger partial charge in [-0.25, -0.2) is 0 Å². The van der Waals surface area contributed by atoms with Crippen molar-refractivity contribution in [2.24, 2.45) is 11.3 Å². The van der Waals surface area contributed by atoms with Crippen molar-refractivity contribution in [1.29, 1.82) is 0 Å². The molecule has 1 aromatic rings. The first-order valence-corrected chi connectivity index (χ1v) is 7.67. The maximum absolute atomic E-state index is 11.9. The highest BCUT2D eigenvalue weighted by atomic mass is 16.6. The van der Waals surface area contributed by atoms with Gasteiger partial charge in [-0.3, -0.25) is 4.79 Å². The number of aromatic nitrogens is 2. The van der Waals surface area contributed by atoms with Gasteiger partial charge < -0.3 is 25.1 Å². The van der Waals surface area contributed by atoms with Crippen molar-refractivity contribution >= 4 is 11.7 Å². The first kappa shape index (κ1) is 19.1. The molecule has 1 amide bonds. The Kier molecular flexibility index (Phi) is 6.26. The third-order valence-electron chi connectivity index (χ3n) is 3.90. The summed E-state index contributed by atoms with van der Waals surface area (Å²) in [6.07, 6.45) is 1.01. The lowest BCUT2D eigenvalue weighted by Crippen LogP contribution is -2.43. The fraction of sp³-hybridized carbons (Fsp3) is 0.733. The predicted octanol–water partition coefficient (Wildman–Crippen LogP) is 1.65. The lowest BCUT2D eigenvalue weighted by atomic mass is 9.80. The van der Waals surface area contributed by atoms with Crippen molar-refractivity contribution in [3.05, 3.63) is 22.1 Å². The fourth-order valence-corrected chi connectivity index (χ4v) is 2.45. The third kappa shape index (κ3) is 5.31. The van der Waals surface area contributed by atoms with Gasteiger partial charge in [-0.15, -0.1) is 0 Å². The molecule has 0 aliphatic rings. The van der Waals surface area contributed by atoms with Crippen LogP contribution in [0, 0.1) is 28.4 Å². The van der Waals surface area contributed by atoms with Crippen LogP contribution in [-0.2, 0) is 11.3 Å². The van der Waals surface area contributed by atoms with Gasteiger partial charge in [0.25, 0.3) is 0 Å². The van der Waals surface area contributed by atoms with E-state index in [-0.39, 0.29) is 24.1 Å². The fourth-order valence-electron chi connectivity index (χ4n) is 2.45. The quantitative estimate of drug-likeness (QED) is 0.557. The Morgan fingerprint density at radius 3 is 2.61 bits per heavy atom. The number of hydrogen-bond donors (Lipinski definition) is 2. The predicted molar refractivity (Wildman–Crippen MR) is 85.9 cm³/mol. The highest BCUT2D eigenvalue weighted by Gasteiger charge is 2.30. The number of nitro groups is 1. The van der Waals surface area contributed by atoms with E-state index in [0.717, 1.165) is 0 Å². The number of hydrogen-bond acceptors (Lipinski definition) is 5. The summed E-state index contributed by atoms with van der Waals surface area (Å²) in [5, 5.41) is 23.6. The van der Waals surface area contributed by atoms with Crippen LogP contribution in [0.2, 0.25) is 0 Å². The van der Waals surface area contributed by atoms with Crippen LogP contribution in [0.4, 0.5) is 5.82 Å². The van der Waals surface area contributed by atoms with Gasteiger partial charge >= 0.3 is 5.82 Å². The van der Waals surface area contributed by atoms with Crippen molar-refractivity contribution in [3.8, 4) is 0 Å². The molecule has 0 spiro atoms. The number of carbonyl (C=O) groups is 1. The van der Waals surface area contributed by atoms with Gasteiger partial charge in [-0.05, 0) is 15.8 Å². The van der Waals surface area contributed by atoms with E-state index < -0.39 is 16.4 Å². The Morgan fingerprint density at radius 1 is 1.52 bits per heavy atom. The van der Waals surface area contributed by atoms with E-state index >= 15 is 0 Å². The van der Waals surface area contributed by atoms with Crippen LogP contribution < -0.4 is 5.32 Å². The molecule has 23 heavy (non-hydrogen) atoms. The Labute approximate surface area is 136 Å². The number of rotatable bonds is 8. The molecule has 0 saturated carbocycles. The zero-order valence-electron chi connectivity index (χ0n) is 14.4. The van der Waals surface area contributed by atoms with Crippen LogP contribution in [0.25, 0.3) is 0 Å². The minimum absolute atomic E-state index is 0.107. The van der Waals surface area contributed by atoms with Crippen molar-refractivity contribution in [2.45, 2.75) is 53.7 Å². The number of aliphatic hydroxyl groups is 1. The third-order valence-corrected chi connectivity index (χ3v) is 3.90. The summed E-state index contributed by atoms with van der Waals surface area (Å²) in [5.74, 6) is 0.227. The molecule has 0 aromatic carbocycles. The molecular weight excluding hydrogens is 300 g/mol. The normalized spacial score (nSPS) is 13.2. The van der Waals surface area contributed by atoms with Crippen LogP contribution in [-0.4, -0.2) is 38.1 Å². The molecule has 1 atom stereocenters. The molecule has 1 unspecified atom stereocenters. The van der Waals surface area contributed by atoms with Gasteiger partial charge in [0.15, 0.2) is 0 Å². The molecule has 0 fully saturated rings. The Balaban J connectivity index is 2.50. The maximum atomic E-state index is 11.9. The van der Waals surface area contributed by atoms with Crippen LogP contribution >= 0.6 is 0 Å². The van der Waals surface area contributed by atoms with E-state index in [0.29, 0.717) is 18.9 Å². The van der Waals surface area contributed by atoms with Crippen LogP contribution in [0.1, 0.15) is 39.9 Å². The van der Waals surface area contributed by atoms with E-state index in [1.807, 2.05) is 27.7 Å². The van der Waals surface area contributed by atoms with Crippen LogP contribution in [0.5, 0.6) is 0 Å². The molecule has 1 rings (SSSR count). The summed E-state index contributed by atoms with van der Waals surface area (Å²) in [6, 6.07) is 0. The van der Waals surface area contributed by atoms with E-state index in [9.17, 15) is 20.0 Å². The summed E-state index contributed by atoms with van der Waals surface area (Å²) in [6.45, 7) is 10.0. The van der Waals surface area contributed by atoms with Gasteiger partial charge in [0.2, 0.25) is 11.7 Å². The molecule has 8 heteroatoms.